The van der Waals surface area contributed by atoms with Crippen molar-refractivity contribution in [3.8, 4) is 0 Å². The maximum atomic E-state index is 13.0. The van der Waals surface area contributed by atoms with Crippen LogP contribution in [0.15, 0.2) is 23.1 Å². The van der Waals surface area contributed by atoms with Crippen molar-refractivity contribution >= 4 is 10.0 Å². The van der Waals surface area contributed by atoms with E-state index in [0.717, 1.165) is 31.6 Å². The van der Waals surface area contributed by atoms with Gasteiger partial charge in [0.25, 0.3) is 0 Å². The summed E-state index contributed by atoms with van der Waals surface area (Å²) in [6.07, 6.45) is 1.74. The average Bonchev–Trinajstić information content (AvgIpc) is 2.80. The zero-order valence-electron chi connectivity index (χ0n) is 10.3. The standard InChI is InChI=1S/C12H16F2N2O2S/c13-10-5-11(14)7-12(6-10)19(17,18)16-4-2-9-1-3-15-8-9/h5-7,9,15-16H,1-4,8H2. The molecule has 4 nitrogen and oxygen atoms in total. The molecule has 0 bridgehead atoms. The monoisotopic (exact) mass is 290 g/mol. The van der Waals surface area contributed by atoms with Crippen molar-refractivity contribution in [2.45, 2.75) is 17.7 Å². The Morgan fingerprint density at radius 2 is 1.95 bits per heavy atom. The van der Waals surface area contributed by atoms with E-state index in [1.54, 1.807) is 0 Å². The molecule has 7 heteroatoms. The summed E-state index contributed by atoms with van der Waals surface area (Å²) in [4.78, 5) is -0.380. The third-order valence-electron chi connectivity index (χ3n) is 3.15. The van der Waals surface area contributed by atoms with Crippen molar-refractivity contribution in [1.82, 2.24) is 10.0 Å². The molecule has 1 aliphatic heterocycles. The predicted molar refractivity (Wildman–Crippen MR) is 67.1 cm³/mol. The molecule has 106 valence electrons. The van der Waals surface area contributed by atoms with Crippen LogP contribution in [0.2, 0.25) is 0 Å². The van der Waals surface area contributed by atoms with Crippen LogP contribution in [0.5, 0.6) is 0 Å². The quantitative estimate of drug-likeness (QED) is 0.858. The number of benzene rings is 1. The largest absolute Gasteiger partial charge is 0.316 e. The zero-order chi connectivity index (χ0) is 13.9. The SMILES string of the molecule is O=S(=O)(NCCC1CCNC1)c1cc(F)cc(F)c1. The second-order valence-electron chi connectivity index (χ2n) is 4.65. The van der Waals surface area contributed by atoms with Crippen LogP contribution in [-0.4, -0.2) is 28.1 Å². The van der Waals surface area contributed by atoms with Crippen molar-refractivity contribution in [3.05, 3.63) is 29.8 Å². The van der Waals surface area contributed by atoms with Gasteiger partial charge >= 0.3 is 0 Å². The van der Waals surface area contributed by atoms with Crippen LogP contribution in [-0.2, 0) is 10.0 Å². The molecule has 1 heterocycles. The highest BCUT2D eigenvalue weighted by Gasteiger charge is 2.18. The summed E-state index contributed by atoms with van der Waals surface area (Å²) in [6.45, 7) is 2.11. The Morgan fingerprint density at radius 3 is 2.53 bits per heavy atom. The van der Waals surface area contributed by atoms with Crippen LogP contribution in [0.1, 0.15) is 12.8 Å². The molecule has 1 saturated heterocycles. The number of sulfonamides is 1. The molecule has 0 saturated carbocycles. The van der Waals surface area contributed by atoms with E-state index in [1.807, 2.05) is 0 Å². The normalized spacial score (nSPS) is 19.8. The van der Waals surface area contributed by atoms with E-state index in [2.05, 4.69) is 10.0 Å². The van der Waals surface area contributed by atoms with Gasteiger partial charge in [0.2, 0.25) is 10.0 Å². The lowest BCUT2D eigenvalue weighted by Crippen LogP contribution is -2.26. The van der Waals surface area contributed by atoms with Gasteiger partial charge in [-0.15, -0.1) is 0 Å². The van der Waals surface area contributed by atoms with Gasteiger partial charge in [0.1, 0.15) is 11.6 Å². The van der Waals surface area contributed by atoms with Crippen LogP contribution in [0.3, 0.4) is 0 Å². The third kappa shape index (κ3) is 3.95. The lowest BCUT2D eigenvalue weighted by Gasteiger charge is -2.10. The number of nitrogens with one attached hydrogen (secondary N) is 2. The molecule has 0 spiro atoms. The molecule has 0 aliphatic carbocycles. The minimum absolute atomic E-state index is 0.271. The van der Waals surface area contributed by atoms with Crippen LogP contribution in [0.4, 0.5) is 8.78 Å². The van der Waals surface area contributed by atoms with Gasteiger partial charge in [-0.05, 0) is 44.0 Å². The maximum Gasteiger partial charge on any atom is 0.240 e. The van der Waals surface area contributed by atoms with Gasteiger partial charge in [0.05, 0.1) is 4.90 Å². The van der Waals surface area contributed by atoms with E-state index < -0.39 is 21.7 Å². The van der Waals surface area contributed by atoms with Gasteiger partial charge in [0.15, 0.2) is 0 Å². The Bertz CT molecular complexity index is 522. The highest BCUT2D eigenvalue weighted by atomic mass is 32.2. The first-order chi connectivity index (χ1) is 8.97. The van der Waals surface area contributed by atoms with Gasteiger partial charge in [-0.3, -0.25) is 0 Å². The molecule has 1 atom stereocenters. The molecule has 0 amide bonds. The second kappa shape index (κ2) is 5.94. The van der Waals surface area contributed by atoms with Gasteiger partial charge < -0.3 is 5.32 Å². The molecule has 2 N–H and O–H groups in total. The zero-order valence-corrected chi connectivity index (χ0v) is 11.1. The Morgan fingerprint density at radius 1 is 1.26 bits per heavy atom. The molecule has 1 aliphatic rings. The van der Waals surface area contributed by atoms with Crippen molar-refractivity contribution < 1.29 is 17.2 Å². The molecule has 1 unspecified atom stereocenters. The first kappa shape index (κ1) is 14.4. The smallest absolute Gasteiger partial charge is 0.240 e. The Labute approximate surface area is 111 Å². The summed E-state index contributed by atoms with van der Waals surface area (Å²) >= 11 is 0. The van der Waals surface area contributed by atoms with Gasteiger partial charge in [-0.25, -0.2) is 21.9 Å². The summed E-state index contributed by atoms with van der Waals surface area (Å²) in [5.74, 6) is -1.35. The summed E-state index contributed by atoms with van der Waals surface area (Å²) in [6, 6.07) is 2.26. The van der Waals surface area contributed by atoms with Crippen molar-refractivity contribution in [1.29, 1.82) is 0 Å². The summed E-state index contributed by atoms with van der Waals surface area (Å²) < 4.78 is 52.0. The van der Waals surface area contributed by atoms with Crippen molar-refractivity contribution in [2.24, 2.45) is 5.92 Å². The number of halogens is 2. The molecule has 1 fully saturated rings. The lowest BCUT2D eigenvalue weighted by atomic mass is 10.1. The van der Waals surface area contributed by atoms with E-state index in [0.29, 0.717) is 18.4 Å². The fourth-order valence-electron chi connectivity index (χ4n) is 2.13. The molecule has 1 aromatic rings. The molecule has 0 aromatic heterocycles. The first-order valence-electron chi connectivity index (χ1n) is 6.14. The number of hydrogen-bond acceptors (Lipinski definition) is 3. The highest BCUT2D eigenvalue weighted by Crippen LogP contribution is 2.15. The van der Waals surface area contributed by atoms with E-state index >= 15 is 0 Å². The average molecular weight is 290 g/mol. The summed E-state index contributed by atoms with van der Waals surface area (Å²) in [7, 11) is -3.85. The van der Waals surface area contributed by atoms with E-state index in [1.165, 1.54) is 0 Å². The molecular weight excluding hydrogens is 274 g/mol. The van der Waals surface area contributed by atoms with Gasteiger partial charge in [-0.1, -0.05) is 0 Å². The van der Waals surface area contributed by atoms with Gasteiger partial charge in [-0.2, -0.15) is 0 Å². The molecule has 0 radical (unpaired) electrons. The lowest BCUT2D eigenvalue weighted by molar-refractivity contribution is 0.518. The number of rotatable bonds is 5. The number of hydrogen-bond donors (Lipinski definition) is 2. The van der Waals surface area contributed by atoms with E-state index in [4.69, 9.17) is 0 Å². The third-order valence-corrected chi connectivity index (χ3v) is 4.59. The minimum atomic E-state index is -3.85. The van der Waals surface area contributed by atoms with E-state index in [-0.39, 0.29) is 11.4 Å². The molecule has 19 heavy (non-hydrogen) atoms. The van der Waals surface area contributed by atoms with E-state index in [9.17, 15) is 17.2 Å². The fourth-order valence-corrected chi connectivity index (χ4v) is 3.21. The summed E-state index contributed by atoms with van der Waals surface area (Å²) in [5, 5.41) is 3.19. The Balaban J connectivity index is 1.97. The van der Waals surface area contributed by atoms with Crippen LogP contribution >= 0.6 is 0 Å². The van der Waals surface area contributed by atoms with Crippen molar-refractivity contribution in [2.75, 3.05) is 19.6 Å². The molecular formula is C12H16F2N2O2S. The maximum absolute atomic E-state index is 13.0. The molecule has 2 rings (SSSR count). The van der Waals surface area contributed by atoms with Crippen LogP contribution in [0, 0.1) is 17.6 Å². The highest BCUT2D eigenvalue weighted by molar-refractivity contribution is 7.89. The minimum Gasteiger partial charge on any atom is -0.316 e. The second-order valence-corrected chi connectivity index (χ2v) is 6.42. The van der Waals surface area contributed by atoms with Gasteiger partial charge in [0, 0.05) is 12.6 Å². The predicted octanol–water partition coefficient (Wildman–Crippen LogP) is 1.24. The fraction of sp³-hybridized carbons (Fsp3) is 0.500. The Kier molecular flexibility index (Phi) is 4.49. The van der Waals surface area contributed by atoms with Crippen LogP contribution < -0.4 is 10.0 Å². The Hall–Kier alpha value is -1.05. The first-order valence-corrected chi connectivity index (χ1v) is 7.62. The summed E-state index contributed by atoms with van der Waals surface area (Å²) in [5.41, 5.74) is 0. The molecule has 1 aromatic carbocycles. The van der Waals surface area contributed by atoms with Crippen molar-refractivity contribution in [3.63, 3.8) is 0 Å². The topological polar surface area (TPSA) is 58.2 Å². The van der Waals surface area contributed by atoms with Crippen LogP contribution in [0.25, 0.3) is 0 Å².